The first-order chi connectivity index (χ1) is 20.0. The van der Waals surface area contributed by atoms with Crippen molar-refractivity contribution in [1.82, 2.24) is 10.3 Å². The molecule has 0 saturated carbocycles. The second kappa shape index (κ2) is 10.1. The van der Waals surface area contributed by atoms with Crippen LogP contribution in [-0.2, 0) is 10.0 Å². The first-order valence-corrected chi connectivity index (χ1v) is 14.9. The number of hydrogen-bond donors (Lipinski definition) is 1. The molecule has 212 valence electrons. The minimum atomic E-state index is -3.68. The summed E-state index contributed by atoms with van der Waals surface area (Å²) in [4.78, 5) is 17.8. The average Bonchev–Trinajstić information content (AvgIpc) is 3.58. The van der Waals surface area contributed by atoms with Crippen molar-refractivity contribution in [1.29, 1.82) is 0 Å². The number of sulfonamides is 1. The van der Waals surface area contributed by atoms with E-state index in [1.807, 2.05) is 49.4 Å². The van der Waals surface area contributed by atoms with E-state index in [2.05, 4.69) is 10.3 Å². The van der Waals surface area contributed by atoms with Gasteiger partial charge in [-0.25, -0.2) is 17.8 Å². The van der Waals surface area contributed by atoms with Gasteiger partial charge < -0.3 is 14.2 Å². The number of benzene rings is 4. The molecular weight excluding hydrogens is 557 g/mol. The van der Waals surface area contributed by atoms with Crippen molar-refractivity contribution in [2.75, 3.05) is 24.7 Å². The summed E-state index contributed by atoms with van der Waals surface area (Å²) < 4.78 is 52.5. The first kappa shape index (κ1) is 27.2. The number of para-hydroxylation sites is 1. The summed E-state index contributed by atoms with van der Waals surface area (Å²) in [6.45, 7) is 1.96. The fourth-order valence-electron chi connectivity index (χ4n) is 4.99. The van der Waals surface area contributed by atoms with E-state index in [4.69, 9.17) is 8.83 Å². The van der Waals surface area contributed by atoms with E-state index in [-0.39, 0.29) is 11.3 Å². The van der Waals surface area contributed by atoms with Gasteiger partial charge in [-0.2, -0.15) is 0 Å². The van der Waals surface area contributed by atoms with Gasteiger partial charge in [-0.15, -0.1) is 0 Å². The maximum Gasteiger partial charge on any atom is 0.255 e. The minimum Gasteiger partial charge on any atom is -0.455 e. The minimum absolute atomic E-state index is 0.241. The molecule has 0 bridgehead atoms. The number of nitrogens with one attached hydrogen (secondary N) is 1. The molecule has 0 fully saturated rings. The van der Waals surface area contributed by atoms with Gasteiger partial charge in [-0.3, -0.25) is 9.10 Å². The number of fused-ring (bicyclic) bond motifs is 2. The summed E-state index contributed by atoms with van der Waals surface area (Å²) in [5.41, 5.74) is 5.72. The number of furan rings is 1. The molecule has 0 unspecified atom stereocenters. The van der Waals surface area contributed by atoms with Crippen molar-refractivity contribution in [2.24, 2.45) is 0 Å². The molecular formula is C32H26FN3O5S. The van der Waals surface area contributed by atoms with Gasteiger partial charge in [0.25, 0.3) is 5.91 Å². The van der Waals surface area contributed by atoms with Crippen LogP contribution >= 0.6 is 0 Å². The Morgan fingerprint density at radius 3 is 2.31 bits per heavy atom. The first-order valence-electron chi connectivity index (χ1n) is 13.0. The number of halogens is 1. The van der Waals surface area contributed by atoms with Gasteiger partial charge in [0.15, 0.2) is 5.58 Å². The number of oxazole rings is 1. The highest BCUT2D eigenvalue weighted by Crippen LogP contribution is 2.42. The number of carbonyl (C=O) groups is 1. The summed E-state index contributed by atoms with van der Waals surface area (Å²) in [5.74, 6) is -0.165. The fourth-order valence-corrected chi connectivity index (χ4v) is 5.50. The van der Waals surface area contributed by atoms with Crippen molar-refractivity contribution in [2.45, 2.75) is 6.92 Å². The maximum atomic E-state index is 13.7. The summed E-state index contributed by atoms with van der Waals surface area (Å²) in [7, 11) is -0.718. The molecule has 0 aliphatic carbocycles. The van der Waals surface area contributed by atoms with Crippen molar-refractivity contribution in [3.8, 4) is 33.9 Å². The lowest BCUT2D eigenvalue weighted by Crippen LogP contribution is -2.25. The van der Waals surface area contributed by atoms with E-state index in [0.29, 0.717) is 50.4 Å². The van der Waals surface area contributed by atoms with Crippen LogP contribution in [0, 0.1) is 12.7 Å². The second-order valence-corrected chi connectivity index (χ2v) is 12.0. The van der Waals surface area contributed by atoms with Gasteiger partial charge in [0.1, 0.15) is 22.7 Å². The topological polar surface area (TPSA) is 106 Å². The Balaban J connectivity index is 1.60. The summed E-state index contributed by atoms with van der Waals surface area (Å²) >= 11 is 0. The lowest BCUT2D eigenvalue weighted by Gasteiger charge is -2.21. The zero-order valence-corrected chi connectivity index (χ0v) is 24.0. The van der Waals surface area contributed by atoms with E-state index in [1.54, 1.807) is 12.1 Å². The molecule has 0 aliphatic rings. The number of aromatic nitrogens is 1. The molecule has 10 heteroatoms. The Bertz CT molecular complexity index is 2110. The van der Waals surface area contributed by atoms with Gasteiger partial charge in [0.05, 0.1) is 17.5 Å². The number of amides is 1. The molecule has 8 nitrogen and oxygen atoms in total. The third-order valence-corrected chi connectivity index (χ3v) is 8.44. The summed E-state index contributed by atoms with van der Waals surface area (Å²) in [6, 6.07) is 22.1. The van der Waals surface area contributed by atoms with Crippen LogP contribution in [0.3, 0.4) is 0 Å². The van der Waals surface area contributed by atoms with Gasteiger partial charge in [0.2, 0.25) is 15.9 Å². The Labute approximate surface area is 241 Å². The van der Waals surface area contributed by atoms with Crippen LogP contribution in [-0.4, -0.2) is 39.7 Å². The average molecular weight is 584 g/mol. The van der Waals surface area contributed by atoms with Gasteiger partial charge in [-0.05, 0) is 66.6 Å². The number of rotatable bonds is 6. The van der Waals surface area contributed by atoms with Crippen LogP contribution in [0.4, 0.5) is 10.1 Å². The van der Waals surface area contributed by atoms with Crippen molar-refractivity contribution < 1.29 is 26.4 Å². The van der Waals surface area contributed by atoms with E-state index in [1.165, 1.54) is 38.4 Å². The Hall–Kier alpha value is -4.96. The van der Waals surface area contributed by atoms with Gasteiger partial charge >= 0.3 is 0 Å². The normalized spacial score (nSPS) is 11.7. The summed E-state index contributed by atoms with van der Waals surface area (Å²) in [5, 5.41) is 3.12. The highest BCUT2D eigenvalue weighted by molar-refractivity contribution is 7.92. The van der Waals surface area contributed by atoms with Crippen molar-refractivity contribution in [3.63, 3.8) is 0 Å². The van der Waals surface area contributed by atoms with E-state index < -0.39 is 21.7 Å². The zero-order valence-electron chi connectivity index (χ0n) is 23.2. The number of hydrogen-bond acceptors (Lipinski definition) is 6. The smallest absolute Gasteiger partial charge is 0.255 e. The molecule has 0 aliphatic heterocycles. The molecule has 42 heavy (non-hydrogen) atoms. The molecule has 6 rings (SSSR count). The molecule has 0 saturated heterocycles. The maximum absolute atomic E-state index is 13.7. The third kappa shape index (κ3) is 4.69. The van der Waals surface area contributed by atoms with Gasteiger partial charge in [0, 0.05) is 42.2 Å². The summed E-state index contributed by atoms with van der Waals surface area (Å²) in [6.07, 6.45) is 1.11. The molecule has 1 amide bonds. The second-order valence-electron chi connectivity index (χ2n) is 10.0. The van der Waals surface area contributed by atoms with Crippen LogP contribution in [0.15, 0.2) is 87.7 Å². The van der Waals surface area contributed by atoms with Crippen molar-refractivity contribution >= 4 is 43.7 Å². The lowest BCUT2D eigenvalue weighted by atomic mass is 9.97. The van der Waals surface area contributed by atoms with E-state index >= 15 is 0 Å². The van der Waals surface area contributed by atoms with Crippen LogP contribution in [0.2, 0.25) is 0 Å². The third-order valence-electron chi connectivity index (χ3n) is 7.24. The molecule has 0 atom stereocenters. The number of aryl methyl sites for hydroxylation is 1. The standard InChI is InChI=1S/C32H26FN3O5S/c1-18-7-5-10-26-29(18)35-32(41-26)21-9-6-8-20(15-21)23-16-24-27(17-25(23)36(3)42(4,38)39)40-30(28(24)31(37)34-2)19-11-13-22(33)14-12-19/h5-17H,1-4H3,(H,34,37). The molecule has 1 N–H and O–H groups in total. The Morgan fingerprint density at radius 1 is 0.905 bits per heavy atom. The molecule has 4 aromatic carbocycles. The molecule has 6 aromatic rings. The monoisotopic (exact) mass is 583 g/mol. The van der Waals surface area contributed by atoms with E-state index in [9.17, 15) is 17.6 Å². The zero-order chi connectivity index (χ0) is 29.8. The SMILES string of the molecule is CNC(=O)c1c(-c2ccc(F)cc2)oc2cc(N(C)S(C)(=O)=O)c(-c3cccc(-c4nc5c(C)cccc5o4)c3)cc12. The largest absolute Gasteiger partial charge is 0.455 e. The predicted octanol–water partition coefficient (Wildman–Crippen LogP) is 6.78. The predicted molar refractivity (Wildman–Crippen MR) is 161 cm³/mol. The lowest BCUT2D eigenvalue weighted by molar-refractivity contribution is 0.0964. The highest BCUT2D eigenvalue weighted by Gasteiger charge is 2.26. The van der Waals surface area contributed by atoms with Crippen LogP contribution in [0.1, 0.15) is 15.9 Å². The Morgan fingerprint density at radius 2 is 1.62 bits per heavy atom. The van der Waals surface area contributed by atoms with Crippen LogP contribution < -0.4 is 9.62 Å². The number of carbonyl (C=O) groups excluding carboxylic acids is 1. The molecule has 0 spiro atoms. The molecule has 0 radical (unpaired) electrons. The number of anilines is 1. The number of nitrogens with zero attached hydrogens (tertiary/aromatic N) is 2. The van der Waals surface area contributed by atoms with Crippen LogP contribution in [0.25, 0.3) is 56.0 Å². The van der Waals surface area contributed by atoms with Gasteiger partial charge in [-0.1, -0.05) is 24.3 Å². The molecule has 2 heterocycles. The highest BCUT2D eigenvalue weighted by atomic mass is 32.2. The fraction of sp³-hybridized carbons (Fsp3) is 0.125. The quantitative estimate of drug-likeness (QED) is 0.232. The van der Waals surface area contributed by atoms with Crippen molar-refractivity contribution in [3.05, 3.63) is 95.8 Å². The molecule has 2 aromatic heterocycles. The van der Waals surface area contributed by atoms with Crippen LogP contribution in [0.5, 0.6) is 0 Å². The Kier molecular flexibility index (Phi) is 6.58. The van der Waals surface area contributed by atoms with E-state index in [0.717, 1.165) is 21.6 Å².